The van der Waals surface area contributed by atoms with Crippen LogP contribution in [0.2, 0.25) is 0 Å². The number of hydrogen-bond donors (Lipinski definition) is 3. The molecule has 0 aromatic carbocycles. The molecule has 9 nitrogen and oxygen atoms in total. The van der Waals surface area contributed by atoms with Crippen molar-refractivity contribution in [2.24, 2.45) is 0 Å². The van der Waals surface area contributed by atoms with Crippen LogP contribution in [-0.2, 0) is 23.8 Å². The quantitative estimate of drug-likeness (QED) is 0.479. The van der Waals surface area contributed by atoms with Crippen LogP contribution >= 0.6 is 0 Å². The van der Waals surface area contributed by atoms with E-state index < -0.39 is 48.4 Å². The van der Waals surface area contributed by atoms with E-state index in [1.54, 1.807) is 33.8 Å². The number of alkyl carbamates (subject to hydrolysis) is 1. The first kappa shape index (κ1) is 25.9. The first-order valence-corrected chi connectivity index (χ1v) is 10.5. The van der Waals surface area contributed by atoms with Crippen LogP contribution in [-0.4, -0.2) is 66.2 Å². The van der Waals surface area contributed by atoms with Gasteiger partial charge >= 0.3 is 12.1 Å². The molecule has 172 valence electrons. The Balaban J connectivity index is 3.24. The second-order valence-corrected chi connectivity index (χ2v) is 8.16. The van der Waals surface area contributed by atoms with Gasteiger partial charge in [-0.1, -0.05) is 13.8 Å². The van der Waals surface area contributed by atoms with Gasteiger partial charge in [-0.25, -0.2) is 9.59 Å². The number of carbonyl (C=O) groups is 3. The van der Waals surface area contributed by atoms with E-state index in [4.69, 9.17) is 14.2 Å². The van der Waals surface area contributed by atoms with Crippen molar-refractivity contribution in [1.82, 2.24) is 10.6 Å². The van der Waals surface area contributed by atoms with Crippen molar-refractivity contribution in [3.05, 3.63) is 11.6 Å². The fourth-order valence-electron chi connectivity index (χ4n) is 3.18. The van der Waals surface area contributed by atoms with Gasteiger partial charge in [-0.05, 0) is 46.6 Å². The van der Waals surface area contributed by atoms with E-state index in [1.807, 2.05) is 13.8 Å². The van der Waals surface area contributed by atoms with Gasteiger partial charge in [-0.15, -0.1) is 0 Å². The normalized spacial score (nSPS) is 21.6. The molecule has 2 amide bonds. The zero-order chi connectivity index (χ0) is 22.9. The predicted molar refractivity (Wildman–Crippen MR) is 111 cm³/mol. The van der Waals surface area contributed by atoms with Crippen LogP contribution < -0.4 is 10.6 Å². The predicted octanol–water partition coefficient (Wildman–Crippen LogP) is 1.82. The lowest BCUT2D eigenvalue weighted by atomic mass is 9.87. The zero-order valence-corrected chi connectivity index (χ0v) is 18.8. The Labute approximate surface area is 178 Å². The topological polar surface area (TPSA) is 123 Å². The summed E-state index contributed by atoms with van der Waals surface area (Å²) in [6, 6.07) is -1.39. The van der Waals surface area contributed by atoms with Gasteiger partial charge in [0.25, 0.3) is 0 Å². The molecular weight excluding hydrogens is 392 g/mol. The largest absolute Gasteiger partial charge is 0.463 e. The SMILES string of the molecule is CCOC(=O)C1=C[C@@H](OC(CC)CC)[C@H](NC(=O)CO)[C@@H](NC(=O)OC(C)(C)C)C1. The van der Waals surface area contributed by atoms with Crippen LogP contribution in [0, 0.1) is 0 Å². The van der Waals surface area contributed by atoms with E-state index in [2.05, 4.69) is 10.6 Å². The summed E-state index contributed by atoms with van der Waals surface area (Å²) in [5.41, 5.74) is -0.364. The third kappa shape index (κ3) is 8.31. The number of aliphatic hydroxyl groups excluding tert-OH is 1. The van der Waals surface area contributed by atoms with Crippen molar-refractivity contribution >= 4 is 18.0 Å². The summed E-state index contributed by atoms with van der Waals surface area (Å²) in [7, 11) is 0. The molecule has 3 N–H and O–H groups in total. The number of esters is 1. The smallest absolute Gasteiger partial charge is 0.407 e. The second kappa shape index (κ2) is 11.9. The molecule has 0 saturated heterocycles. The summed E-state index contributed by atoms with van der Waals surface area (Å²) >= 11 is 0. The van der Waals surface area contributed by atoms with E-state index in [0.29, 0.717) is 5.57 Å². The Morgan fingerprint density at radius 2 is 1.80 bits per heavy atom. The van der Waals surface area contributed by atoms with Gasteiger partial charge in [0.05, 0.1) is 30.9 Å². The van der Waals surface area contributed by atoms with Gasteiger partial charge in [0.1, 0.15) is 12.2 Å². The molecule has 0 spiro atoms. The molecular formula is C21H36N2O7. The maximum atomic E-state index is 12.4. The molecule has 0 heterocycles. The summed E-state index contributed by atoms with van der Waals surface area (Å²) in [6.45, 7) is 10.4. The number of rotatable bonds is 9. The van der Waals surface area contributed by atoms with E-state index in [0.717, 1.165) is 12.8 Å². The molecule has 9 heteroatoms. The van der Waals surface area contributed by atoms with Gasteiger partial charge < -0.3 is 30.0 Å². The van der Waals surface area contributed by atoms with E-state index >= 15 is 0 Å². The minimum absolute atomic E-state index is 0.108. The summed E-state index contributed by atoms with van der Waals surface area (Å²) < 4.78 is 16.6. The average molecular weight is 429 g/mol. The van der Waals surface area contributed by atoms with Crippen molar-refractivity contribution in [2.75, 3.05) is 13.2 Å². The molecule has 0 fully saturated rings. The molecule has 1 aliphatic carbocycles. The van der Waals surface area contributed by atoms with Crippen molar-refractivity contribution in [1.29, 1.82) is 0 Å². The highest BCUT2D eigenvalue weighted by molar-refractivity contribution is 5.89. The molecule has 0 unspecified atom stereocenters. The molecule has 0 aromatic heterocycles. The highest BCUT2D eigenvalue weighted by Gasteiger charge is 2.39. The van der Waals surface area contributed by atoms with E-state index in [-0.39, 0.29) is 19.1 Å². The Morgan fingerprint density at radius 3 is 2.30 bits per heavy atom. The fraction of sp³-hybridized carbons (Fsp3) is 0.762. The van der Waals surface area contributed by atoms with Crippen LogP contribution in [0.5, 0.6) is 0 Å². The molecule has 30 heavy (non-hydrogen) atoms. The summed E-state index contributed by atoms with van der Waals surface area (Å²) in [6.07, 6.45) is 1.74. The van der Waals surface area contributed by atoms with Gasteiger partial charge in [0, 0.05) is 12.0 Å². The Morgan fingerprint density at radius 1 is 1.17 bits per heavy atom. The third-order valence-electron chi connectivity index (χ3n) is 4.56. The van der Waals surface area contributed by atoms with Gasteiger partial charge in [0.2, 0.25) is 5.91 Å². The first-order chi connectivity index (χ1) is 14.0. The van der Waals surface area contributed by atoms with Crippen LogP contribution in [0.3, 0.4) is 0 Å². The van der Waals surface area contributed by atoms with E-state index in [1.165, 1.54) is 0 Å². The highest BCUT2D eigenvalue weighted by Crippen LogP contribution is 2.25. The molecule has 0 saturated carbocycles. The van der Waals surface area contributed by atoms with Gasteiger partial charge in [-0.3, -0.25) is 4.79 Å². The molecule has 1 rings (SSSR count). The first-order valence-electron chi connectivity index (χ1n) is 10.5. The number of hydrogen-bond acceptors (Lipinski definition) is 7. The molecule has 0 aromatic rings. The lowest BCUT2D eigenvalue weighted by molar-refractivity contribution is -0.139. The number of carbonyl (C=O) groups excluding carboxylic acids is 3. The summed E-state index contributed by atoms with van der Waals surface area (Å²) in [5.74, 6) is -1.11. The second-order valence-electron chi connectivity index (χ2n) is 8.16. The zero-order valence-electron chi connectivity index (χ0n) is 18.8. The monoisotopic (exact) mass is 428 g/mol. The minimum atomic E-state index is -0.714. The Kier molecular flexibility index (Phi) is 10.3. The number of nitrogens with one attached hydrogen (secondary N) is 2. The molecule has 3 atom stereocenters. The van der Waals surface area contributed by atoms with Crippen LogP contribution in [0.15, 0.2) is 11.6 Å². The molecule has 0 aliphatic heterocycles. The standard InChI is InChI=1S/C21H36N2O7/c1-7-14(8-2)29-16-11-13(19(26)28-9-3)10-15(18(16)23-17(25)12-24)22-20(27)30-21(4,5)6/h11,14-16,18,24H,7-10,12H2,1-6H3,(H,22,27)(H,23,25)/t15-,16+,18+/m0/s1. The Hall–Kier alpha value is -2.13. The fourth-order valence-corrected chi connectivity index (χ4v) is 3.18. The molecule has 0 bridgehead atoms. The Bertz CT molecular complexity index is 623. The summed E-state index contributed by atoms with van der Waals surface area (Å²) in [5, 5.41) is 14.6. The lowest BCUT2D eigenvalue weighted by Crippen LogP contribution is -2.60. The van der Waals surface area contributed by atoms with E-state index in [9.17, 15) is 19.5 Å². The number of amides is 2. The number of ether oxygens (including phenoxy) is 3. The molecule has 1 aliphatic rings. The maximum absolute atomic E-state index is 12.4. The van der Waals surface area contributed by atoms with Crippen LogP contribution in [0.25, 0.3) is 0 Å². The summed E-state index contributed by atoms with van der Waals surface area (Å²) in [4.78, 5) is 36.8. The van der Waals surface area contributed by atoms with Crippen molar-refractivity contribution < 1.29 is 33.7 Å². The maximum Gasteiger partial charge on any atom is 0.407 e. The third-order valence-corrected chi connectivity index (χ3v) is 4.56. The van der Waals surface area contributed by atoms with Crippen LogP contribution in [0.1, 0.15) is 60.8 Å². The highest BCUT2D eigenvalue weighted by atomic mass is 16.6. The van der Waals surface area contributed by atoms with Crippen LogP contribution in [0.4, 0.5) is 4.79 Å². The lowest BCUT2D eigenvalue weighted by Gasteiger charge is -2.38. The van der Waals surface area contributed by atoms with Gasteiger partial charge in [-0.2, -0.15) is 0 Å². The minimum Gasteiger partial charge on any atom is -0.463 e. The molecule has 0 radical (unpaired) electrons. The van der Waals surface area contributed by atoms with Gasteiger partial charge in [0.15, 0.2) is 0 Å². The average Bonchev–Trinajstić information content (AvgIpc) is 2.66. The van der Waals surface area contributed by atoms with Crippen molar-refractivity contribution in [3.63, 3.8) is 0 Å². The van der Waals surface area contributed by atoms with Crippen molar-refractivity contribution in [2.45, 2.75) is 90.7 Å². The van der Waals surface area contributed by atoms with Crippen molar-refractivity contribution in [3.8, 4) is 0 Å². The number of aliphatic hydroxyl groups is 1.